The van der Waals surface area contributed by atoms with Gasteiger partial charge in [-0.25, -0.2) is 9.59 Å². The van der Waals surface area contributed by atoms with E-state index >= 15 is 0 Å². The highest BCUT2D eigenvalue weighted by atomic mass is 16.7. The van der Waals surface area contributed by atoms with Gasteiger partial charge in [0.15, 0.2) is 17.5 Å². The van der Waals surface area contributed by atoms with Gasteiger partial charge in [-0.05, 0) is 87.7 Å². The molecule has 0 bridgehead atoms. The summed E-state index contributed by atoms with van der Waals surface area (Å²) in [6.07, 6.45) is -3.10. The Morgan fingerprint density at radius 1 is 1.13 bits per heavy atom. The average Bonchev–Trinajstić information content (AvgIpc) is 3.45. The first-order valence-electron chi connectivity index (χ1n) is 14.7. The van der Waals surface area contributed by atoms with Crippen LogP contribution in [0.2, 0.25) is 0 Å². The number of phenolic OH excluding ortho intramolecular Hbond substituents is 1. The van der Waals surface area contributed by atoms with Crippen molar-refractivity contribution in [3.8, 4) is 17.2 Å². The number of amides is 1. The van der Waals surface area contributed by atoms with Crippen molar-refractivity contribution in [2.75, 3.05) is 12.4 Å². The van der Waals surface area contributed by atoms with Gasteiger partial charge >= 0.3 is 11.6 Å². The molecule has 4 atom stereocenters. The number of methoxy groups -OCH3 is 1. The Morgan fingerprint density at radius 3 is 2.53 bits per heavy atom. The highest BCUT2D eigenvalue weighted by Crippen LogP contribution is 2.38. The summed E-state index contributed by atoms with van der Waals surface area (Å²) in [5, 5.41) is 34.9. The lowest BCUT2D eigenvalue weighted by atomic mass is 9.89. The number of hydrogen-bond acceptors (Lipinski definition) is 11. The molecule has 13 nitrogen and oxygen atoms in total. The van der Waals surface area contributed by atoms with Crippen molar-refractivity contribution in [2.24, 2.45) is 0 Å². The monoisotopic (exact) mass is 648 g/mol. The summed E-state index contributed by atoms with van der Waals surface area (Å²) in [6.45, 7) is 10.4. The zero-order valence-electron chi connectivity index (χ0n) is 26.5. The van der Waals surface area contributed by atoms with Crippen LogP contribution in [-0.4, -0.2) is 69.5 Å². The molecule has 0 spiro atoms. The predicted octanol–water partition coefficient (Wildman–Crippen LogP) is 4.25. The summed E-state index contributed by atoms with van der Waals surface area (Å²) < 4.78 is 28.9. The van der Waals surface area contributed by atoms with Crippen LogP contribution in [0.4, 0.5) is 5.69 Å². The molecular formula is C34H36N2O11. The first-order chi connectivity index (χ1) is 22.2. The van der Waals surface area contributed by atoms with Gasteiger partial charge in [0.1, 0.15) is 35.0 Å². The molecule has 248 valence electrons. The minimum absolute atomic E-state index is 0.0220. The van der Waals surface area contributed by atoms with Crippen LogP contribution in [0, 0.1) is 13.8 Å². The highest BCUT2D eigenvalue weighted by molar-refractivity contribution is 6.06. The van der Waals surface area contributed by atoms with Crippen molar-refractivity contribution in [2.45, 2.75) is 64.3 Å². The van der Waals surface area contributed by atoms with E-state index < -0.39 is 59.1 Å². The normalized spacial score (nSPS) is 20.5. The van der Waals surface area contributed by atoms with Crippen molar-refractivity contribution in [3.05, 3.63) is 93.6 Å². The van der Waals surface area contributed by atoms with Crippen LogP contribution >= 0.6 is 0 Å². The summed E-state index contributed by atoms with van der Waals surface area (Å²) in [7, 11) is 1.40. The van der Waals surface area contributed by atoms with Crippen LogP contribution in [0.5, 0.6) is 17.2 Å². The van der Waals surface area contributed by atoms with E-state index in [1.807, 2.05) is 0 Å². The maximum atomic E-state index is 13.1. The molecular weight excluding hydrogens is 612 g/mol. The molecule has 0 saturated carbocycles. The molecule has 4 aromatic rings. The standard InChI is InChI=1S/C34H36N2O11/c1-7-8-18-14-19(10-12-23(18)37)30(40)36-24-25(38)21-15-20(13-16(2)27(21)45-32(24)42)44-33-28(26(39)29(43-6)34(4,5)47-33)46-31(41)22-11-9-17(3)35-22/h7,9-15,26,28-29,33,35,37-39H,1,8H2,2-6H3,(H,36,40)/t26-,28-,29+,33-/m1/s1. The maximum absolute atomic E-state index is 13.1. The molecule has 0 unspecified atom stereocenters. The summed E-state index contributed by atoms with van der Waals surface area (Å²) >= 11 is 0. The number of rotatable bonds is 9. The number of aryl methyl sites for hydroxylation is 2. The average molecular weight is 649 g/mol. The fourth-order valence-corrected chi connectivity index (χ4v) is 5.60. The number of fused-ring (bicyclic) bond motifs is 1. The number of carbonyl (C=O) groups excluding carboxylic acids is 2. The van der Waals surface area contributed by atoms with Crippen molar-refractivity contribution in [3.63, 3.8) is 0 Å². The molecule has 5 rings (SSSR count). The van der Waals surface area contributed by atoms with E-state index in [1.165, 1.54) is 37.4 Å². The van der Waals surface area contributed by atoms with Crippen LogP contribution in [0.25, 0.3) is 11.0 Å². The third-order valence-corrected chi connectivity index (χ3v) is 7.90. The molecule has 0 radical (unpaired) electrons. The van der Waals surface area contributed by atoms with Crippen molar-refractivity contribution < 1.29 is 48.3 Å². The Balaban J connectivity index is 1.48. The number of aromatic amines is 1. The molecule has 47 heavy (non-hydrogen) atoms. The Morgan fingerprint density at radius 2 is 1.87 bits per heavy atom. The van der Waals surface area contributed by atoms with Crippen LogP contribution in [0.3, 0.4) is 0 Å². The van der Waals surface area contributed by atoms with Crippen molar-refractivity contribution in [1.29, 1.82) is 0 Å². The number of anilines is 1. The topological polar surface area (TPSA) is 190 Å². The summed E-state index contributed by atoms with van der Waals surface area (Å²) in [5.41, 5.74) is -0.734. The number of benzene rings is 2. The number of aromatic nitrogens is 1. The lowest BCUT2D eigenvalue weighted by molar-refractivity contribution is -0.305. The van der Waals surface area contributed by atoms with E-state index in [2.05, 4.69) is 16.9 Å². The van der Waals surface area contributed by atoms with Crippen molar-refractivity contribution in [1.82, 2.24) is 4.98 Å². The maximum Gasteiger partial charge on any atom is 0.364 e. The summed E-state index contributed by atoms with van der Waals surface area (Å²) in [5.74, 6) is -2.00. The first-order valence-corrected chi connectivity index (χ1v) is 14.7. The van der Waals surface area contributed by atoms with Gasteiger partial charge in [-0.1, -0.05) is 6.08 Å². The van der Waals surface area contributed by atoms with Gasteiger partial charge in [-0.3, -0.25) is 4.79 Å². The number of aliphatic hydroxyl groups excluding tert-OH is 1. The second-order valence-electron chi connectivity index (χ2n) is 11.8. The second kappa shape index (κ2) is 12.9. The smallest absolute Gasteiger partial charge is 0.364 e. The molecule has 13 heteroatoms. The zero-order valence-corrected chi connectivity index (χ0v) is 26.5. The summed E-state index contributed by atoms with van der Waals surface area (Å²) in [6, 6.07) is 10.3. The molecule has 3 heterocycles. The van der Waals surface area contributed by atoms with Crippen molar-refractivity contribution >= 4 is 28.5 Å². The zero-order chi connectivity index (χ0) is 34.2. The number of carbonyl (C=O) groups is 2. The molecule has 0 aliphatic carbocycles. The SMILES string of the molecule is C=CCc1cc(C(=O)Nc2c(O)c3cc(O[C@@H]4OC(C)(C)[C@@H](OC)[C@H](O)[C@H]4OC(=O)c4ccc(C)[nH]4)cc(C)c3oc2=O)ccc1O. The van der Waals surface area contributed by atoms with Crippen LogP contribution in [-0.2, 0) is 20.6 Å². The van der Waals surface area contributed by atoms with Gasteiger partial charge in [-0.15, -0.1) is 6.58 Å². The molecule has 1 saturated heterocycles. The number of H-pyrrole nitrogens is 1. The number of ether oxygens (including phenoxy) is 4. The van der Waals surface area contributed by atoms with Gasteiger partial charge in [0.2, 0.25) is 6.29 Å². The number of aromatic hydroxyl groups is 2. The minimum atomic E-state index is -1.37. The number of aliphatic hydroxyl groups is 1. The molecule has 2 aromatic heterocycles. The Labute approximate surface area is 269 Å². The molecule has 1 aliphatic rings. The Bertz CT molecular complexity index is 1910. The minimum Gasteiger partial charge on any atom is -0.508 e. The number of hydrogen-bond donors (Lipinski definition) is 5. The lowest BCUT2D eigenvalue weighted by Gasteiger charge is -2.47. The van der Waals surface area contributed by atoms with Gasteiger partial charge in [0.25, 0.3) is 5.91 Å². The van der Waals surface area contributed by atoms with E-state index in [-0.39, 0.29) is 33.7 Å². The molecule has 5 N–H and O–H groups in total. The van der Waals surface area contributed by atoms with Gasteiger partial charge in [0.05, 0.1) is 11.0 Å². The molecule has 1 aliphatic heterocycles. The van der Waals surface area contributed by atoms with E-state index in [1.54, 1.807) is 45.9 Å². The summed E-state index contributed by atoms with van der Waals surface area (Å²) in [4.78, 5) is 41.8. The fraction of sp³-hybridized carbons (Fsp3) is 0.324. The molecule has 2 aromatic carbocycles. The van der Waals surface area contributed by atoms with Crippen LogP contribution in [0.15, 0.2) is 64.3 Å². The largest absolute Gasteiger partial charge is 0.508 e. The van der Waals surface area contributed by atoms with Gasteiger partial charge in [-0.2, -0.15) is 0 Å². The predicted molar refractivity (Wildman–Crippen MR) is 170 cm³/mol. The number of nitrogens with one attached hydrogen (secondary N) is 2. The van der Waals surface area contributed by atoms with E-state index in [0.29, 0.717) is 17.5 Å². The molecule has 1 fully saturated rings. The van der Waals surface area contributed by atoms with Gasteiger partial charge in [0, 0.05) is 18.4 Å². The Kier molecular flexibility index (Phi) is 9.16. The fourth-order valence-electron chi connectivity index (χ4n) is 5.60. The van der Waals surface area contributed by atoms with Crippen LogP contribution < -0.4 is 15.7 Å². The third-order valence-electron chi connectivity index (χ3n) is 7.90. The number of phenols is 1. The number of allylic oxidation sites excluding steroid dienone is 1. The van der Waals surface area contributed by atoms with Crippen LogP contribution in [0.1, 0.15) is 51.5 Å². The van der Waals surface area contributed by atoms with E-state index in [0.717, 1.165) is 5.69 Å². The quantitative estimate of drug-likeness (QED) is 0.0991. The lowest BCUT2D eigenvalue weighted by Crippen LogP contribution is -2.64. The first kappa shape index (κ1) is 33.3. The molecule has 1 amide bonds. The Hall–Kier alpha value is -5.11. The third kappa shape index (κ3) is 6.59. The highest BCUT2D eigenvalue weighted by Gasteiger charge is 2.53. The number of esters is 1. The van der Waals surface area contributed by atoms with E-state index in [4.69, 9.17) is 23.4 Å². The second-order valence-corrected chi connectivity index (χ2v) is 11.8. The van der Waals surface area contributed by atoms with Gasteiger partial charge < -0.3 is 49.0 Å². The van der Waals surface area contributed by atoms with E-state index in [9.17, 15) is 29.7 Å².